The Hall–Kier alpha value is -3.57. The maximum Gasteiger partial charge on any atom is 0.461 e. The number of benzene rings is 3. The summed E-state index contributed by atoms with van der Waals surface area (Å²) in [7, 11) is 0. The summed E-state index contributed by atoms with van der Waals surface area (Å²) in [6.45, 7) is -0.863. The molecule has 0 saturated heterocycles. The molecule has 0 unspecified atom stereocenters. The predicted octanol–water partition coefficient (Wildman–Crippen LogP) is 7.76. The molecule has 12 heteroatoms. The molecule has 1 aliphatic rings. The molecule has 1 atom stereocenters. The first-order valence-electron chi connectivity index (χ1n) is 10.8. The Morgan fingerprint density at radius 1 is 0.919 bits per heavy atom. The summed E-state index contributed by atoms with van der Waals surface area (Å²) in [6, 6.07) is 10.8. The van der Waals surface area contributed by atoms with Crippen molar-refractivity contribution in [1.29, 1.82) is 0 Å². The van der Waals surface area contributed by atoms with Crippen molar-refractivity contribution in [3.8, 4) is 22.6 Å². The van der Waals surface area contributed by atoms with Crippen LogP contribution < -0.4 is 14.4 Å². The Morgan fingerprint density at radius 2 is 1.59 bits per heavy atom. The summed E-state index contributed by atoms with van der Waals surface area (Å²) in [5, 5.41) is 0. The van der Waals surface area contributed by atoms with Crippen LogP contribution in [0.2, 0.25) is 0 Å². The van der Waals surface area contributed by atoms with Crippen molar-refractivity contribution in [3.05, 3.63) is 77.9 Å². The van der Waals surface area contributed by atoms with Gasteiger partial charge in [0.15, 0.2) is 5.75 Å². The van der Waals surface area contributed by atoms with Crippen LogP contribution in [-0.4, -0.2) is 31.9 Å². The van der Waals surface area contributed by atoms with Gasteiger partial charge < -0.3 is 14.4 Å². The largest absolute Gasteiger partial charge is 0.488 e. The van der Waals surface area contributed by atoms with E-state index in [1.165, 1.54) is 35.2 Å². The molecule has 0 radical (unpaired) electrons. The maximum absolute atomic E-state index is 13.8. The van der Waals surface area contributed by atoms with Crippen molar-refractivity contribution in [1.82, 2.24) is 0 Å². The Morgan fingerprint density at radius 3 is 2.24 bits per heavy atom. The lowest BCUT2D eigenvalue weighted by atomic mass is 9.98. The fourth-order valence-electron chi connectivity index (χ4n) is 4.05. The van der Waals surface area contributed by atoms with E-state index in [2.05, 4.69) is 4.74 Å². The number of para-hydroxylation sites is 1. The van der Waals surface area contributed by atoms with Crippen molar-refractivity contribution in [2.75, 3.05) is 18.1 Å². The Balaban J connectivity index is 1.75. The molecular weight excluding hydrogens is 517 g/mol. The van der Waals surface area contributed by atoms with Crippen molar-refractivity contribution >= 4 is 5.69 Å². The average molecular weight is 535 g/mol. The van der Waals surface area contributed by atoms with Crippen LogP contribution in [-0.2, 0) is 0 Å². The van der Waals surface area contributed by atoms with Crippen LogP contribution in [0.15, 0.2) is 60.7 Å². The molecule has 0 fully saturated rings. The number of rotatable bonds is 7. The van der Waals surface area contributed by atoms with Crippen molar-refractivity contribution in [2.24, 2.45) is 0 Å². The molecular formula is C25H18F9NO2. The van der Waals surface area contributed by atoms with E-state index in [-0.39, 0.29) is 34.7 Å². The zero-order valence-electron chi connectivity index (χ0n) is 18.7. The number of halogens is 9. The normalized spacial score (nSPS) is 15.9. The van der Waals surface area contributed by atoms with E-state index >= 15 is 0 Å². The summed E-state index contributed by atoms with van der Waals surface area (Å²) in [4.78, 5) is 1.32. The molecule has 0 aromatic heterocycles. The van der Waals surface area contributed by atoms with Gasteiger partial charge in [-0.25, -0.2) is 8.78 Å². The number of ether oxygens (including phenoxy) is 2. The van der Waals surface area contributed by atoms with Gasteiger partial charge in [0.25, 0.3) is 0 Å². The molecule has 3 nitrogen and oxygen atoms in total. The molecule has 0 saturated carbocycles. The molecule has 37 heavy (non-hydrogen) atoms. The minimum atomic E-state index is -4.78. The number of hydrogen-bond donors (Lipinski definition) is 0. The van der Waals surface area contributed by atoms with Crippen LogP contribution in [0, 0.1) is 11.6 Å². The van der Waals surface area contributed by atoms with E-state index in [1.807, 2.05) is 0 Å². The van der Waals surface area contributed by atoms with Gasteiger partial charge in [0.05, 0.1) is 18.2 Å². The van der Waals surface area contributed by atoms with Gasteiger partial charge in [-0.2, -0.15) is 30.7 Å². The zero-order valence-corrected chi connectivity index (χ0v) is 18.7. The lowest BCUT2D eigenvalue weighted by molar-refractivity contribution is -0.253. The van der Waals surface area contributed by atoms with E-state index in [9.17, 15) is 39.5 Å². The fourth-order valence-corrected chi connectivity index (χ4v) is 4.05. The molecule has 198 valence electrons. The molecule has 0 aliphatic carbocycles. The van der Waals surface area contributed by atoms with Crippen LogP contribution >= 0.6 is 0 Å². The Labute approximate surface area is 205 Å². The van der Waals surface area contributed by atoms with Crippen LogP contribution in [0.3, 0.4) is 0 Å². The lowest BCUT2D eigenvalue weighted by Gasteiger charge is -2.40. The van der Waals surface area contributed by atoms with E-state index in [1.54, 1.807) is 0 Å². The van der Waals surface area contributed by atoms with Gasteiger partial charge in [-0.3, -0.25) is 0 Å². The number of alkyl halides is 7. The van der Waals surface area contributed by atoms with Gasteiger partial charge in [0, 0.05) is 18.2 Å². The van der Waals surface area contributed by atoms with Gasteiger partial charge in [-0.05, 0) is 41.5 Å². The third-order valence-corrected chi connectivity index (χ3v) is 5.63. The fraction of sp³-hybridized carbons (Fsp3) is 0.280. The number of nitrogens with zero attached hydrogens (tertiary/aromatic N) is 1. The SMILES string of the molecule is Fc1cc(F)cc(-c2cccc3c2OC[C@H](c2cccc(OC(F)(F)C(F)F)c2)N3CCC(F)(F)F)c1. The highest BCUT2D eigenvalue weighted by atomic mass is 19.4. The summed E-state index contributed by atoms with van der Waals surface area (Å²) in [6.07, 6.45) is -14.7. The molecule has 0 spiro atoms. The first-order valence-corrected chi connectivity index (χ1v) is 10.8. The van der Waals surface area contributed by atoms with Crippen LogP contribution in [0.4, 0.5) is 45.2 Å². The van der Waals surface area contributed by atoms with E-state index in [0.29, 0.717) is 6.07 Å². The molecule has 3 aromatic rings. The first kappa shape index (κ1) is 26.5. The lowest BCUT2D eigenvalue weighted by Crippen LogP contribution is -2.39. The van der Waals surface area contributed by atoms with Gasteiger partial charge in [0.1, 0.15) is 24.0 Å². The number of fused-ring (bicyclic) bond motifs is 1. The molecule has 1 aliphatic heterocycles. The summed E-state index contributed by atoms with van der Waals surface area (Å²) in [5.74, 6) is -2.28. The van der Waals surface area contributed by atoms with E-state index < -0.39 is 55.1 Å². The standard InChI is InChI=1S/C25H18F9NO2/c26-16-9-15(10-17(27)12-16)19-5-2-6-20-22(19)36-13-21(35(20)8-7-24(30,31)32)14-3-1-4-18(11-14)37-25(33,34)23(28)29/h1-6,9-12,21,23H,7-8,13H2/t21-/m1/s1. The quantitative estimate of drug-likeness (QED) is 0.289. The second kappa shape index (κ2) is 10.1. The Bertz CT molecular complexity index is 1240. The monoisotopic (exact) mass is 535 g/mol. The molecule has 0 N–H and O–H groups in total. The van der Waals surface area contributed by atoms with Gasteiger partial charge in [-0.15, -0.1) is 0 Å². The molecule has 4 rings (SSSR count). The third kappa shape index (κ3) is 6.05. The summed E-state index contributed by atoms with van der Waals surface area (Å²) in [5.41, 5.74) is 0.637. The van der Waals surface area contributed by atoms with Crippen molar-refractivity contribution in [3.63, 3.8) is 0 Å². The third-order valence-electron chi connectivity index (χ3n) is 5.63. The highest BCUT2D eigenvalue weighted by molar-refractivity contribution is 5.80. The zero-order chi connectivity index (χ0) is 27.0. The molecule has 3 aromatic carbocycles. The predicted molar refractivity (Wildman–Crippen MR) is 116 cm³/mol. The topological polar surface area (TPSA) is 21.7 Å². The second-order valence-corrected chi connectivity index (χ2v) is 8.23. The number of hydrogen-bond acceptors (Lipinski definition) is 3. The van der Waals surface area contributed by atoms with Gasteiger partial charge >= 0.3 is 18.7 Å². The van der Waals surface area contributed by atoms with E-state index in [4.69, 9.17) is 4.74 Å². The van der Waals surface area contributed by atoms with Crippen molar-refractivity contribution in [2.45, 2.75) is 31.2 Å². The minimum Gasteiger partial charge on any atom is -0.488 e. The number of anilines is 1. The minimum absolute atomic E-state index is 0.0718. The summed E-state index contributed by atoms with van der Waals surface area (Å²) < 4.78 is 129. The molecule has 0 bridgehead atoms. The molecule has 1 heterocycles. The maximum atomic E-state index is 13.8. The average Bonchev–Trinajstić information content (AvgIpc) is 2.80. The smallest absolute Gasteiger partial charge is 0.461 e. The van der Waals surface area contributed by atoms with Crippen LogP contribution in [0.25, 0.3) is 11.1 Å². The Kier molecular flexibility index (Phi) is 7.20. The second-order valence-electron chi connectivity index (χ2n) is 8.23. The summed E-state index contributed by atoms with van der Waals surface area (Å²) >= 11 is 0. The highest BCUT2D eigenvalue weighted by Crippen LogP contribution is 2.46. The molecule has 0 amide bonds. The van der Waals surface area contributed by atoms with Crippen LogP contribution in [0.1, 0.15) is 18.0 Å². The van der Waals surface area contributed by atoms with Crippen molar-refractivity contribution < 1.29 is 49.0 Å². The first-order chi connectivity index (χ1) is 17.3. The van der Waals surface area contributed by atoms with Gasteiger partial charge in [0.2, 0.25) is 0 Å². The van der Waals surface area contributed by atoms with Crippen LogP contribution in [0.5, 0.6) is 11.5 Å². The highest BCUT2D eigenvalue weighted by Gasteiger charge is 2.44. The van der Waals surface area contributed by atoms with Gasteiger partial charge in [-0.1, -0.05) is 24.3 Å². The van der Waals surface area contributed by atoms with E-state index in [0.717, 1.165) is 24.3 Å².